The average molecular weight is 444 g/mol. The number of benzene rings is 3. The highest BCUT2D eigenvalue weighted by atomic mass is 35.5. The number of carbonyl (C=O) groups excluding carboxylic acids is 1. The first kappa shape index (κ1) is 21.5. The lowest BCUT2D eigenvalue weighted by molar-refractivity contribution is 0.0954. The van der Waals surface area contributed by atoms with Crippen LogP contribution in [0.5, 0.6) is 11.6 Å². The molecule has 4 rings (SSSR count). The molecule has 1 heterocycles. The number of aromatic nitrogens is 2. The fraction of sp³-hybridized carbons (Fsp3) is 0.115. The van der Waals surface area contributed by atoms with Crippen LogP contribution in [-0.2, 0) is 6.42 Å². The predicted octanol–water partition coefficient (Wildman–Crippen LogP) is 5.87. The van der Waals surface area contributed by atoms with E-state index in [4.69, 9.17) is 16.3 Å². The minimum absolute atomic E-state index is 0.130. The number of amides is 1. The van der Waals surface area contributed by atoms with Crippen LogP contribution in [0.1, 0.15) is 21.5 Å². The summed E-state index contributed by atoms with van der Waals surface area (Å²) >= 11 is 5.89. The van der Waals surface area contributed by atoms with Crippen molar-refractivity contribution in [2.24, 2.45) is 0 Å². The number of nitrogens with one attached hydrogen (secondary N) is 1. The van der Waals surface area contributed by atoms with E-state index in [2.05, 4.69) is 15.3 Å². The molecule has 0 fully saturated rings. The van der Waals surface area contributed by atoms with Crippen LogP contribution in [0.25, 0.3) is 11.4 Å². The Morgan fingerprint density at radius 2 is 1.78 bits per heavy atom. The van der Waals surface area contributed by atoms with Gasteiger partial charge in [0.15, 0.2) is 5.82 Å². The number of hydrogen-bond acceptors (Lipinski definition) is 4. The molecule has 0 aliphatic heterocycles. The second-order valence-corrected chi connectivity index (χ2v) is 7.78. The molecule has 5 nitrogen and oxygen atoms in total. The SMILES string of the molecule is Cc1cccc(-c2nccc(Oc3ccc(C(=O)NCCc4ccc(Cl)cc4)cc3)n2)c1. The third-order valence-electron chi connectivity index (χ3n) is 4.86. The van der Waals surface area contributed by atoms with E-state index < -0.39 is 0 Å². The lowest BCUT2D eigenvalue weighted by Gasteiger charge is -2.08. The zero-order valence-corrected chi connectivity index (χ0v) is 18.3. The van der Waals surface area contributed by atoms with E-state index in [-0.39, 0.29) is 5.91 Å². The highest BCUT2D eigenvalue weighted by Crippen LogP contribution is 2.23. The Kier molecular flexibility index (Phi) is 6.78. The van der Waals surface area contributed by atoms with Gasteiger partial charge in [-0.05, 0) is 61.4 Å². The number of rotatable bonds is 7. The normalized spacial score (nSPS) is 10.6. The topological polar surface area (TPSA) is 64.1 Å². The summed E-state index contributed by atoms with van der Waals surface area (Å²) in [5.74, 6) is 1.51. The summed E-state index contributed by atoms with van der Waals surface area (Å²) in [5, 5.41) is 3.63. The molecule has 0 aliphatic carbocycles. The standard InChI is InChI=1S/C26H22ClN3O2/c1-18-3-2-4-21(17-18)25-28-16-14-24(30-25)32-23-11-7-20(8-12-23)26(31)29-15-13-19-5-9-22(27)10-6-19/h2-12,14,16-17H,13,15H2,1H3,(H,29,31). The quantitative estimate of drug-likeness (QED) is 0.388. The van der Waals surface area contributed by atoms with Gasteiger partial charge in [-0.1, -0.05) is 47.5 Å². The van der Waals surface area contributed by atoms with E-state index in [9.17, 15) is 4.79 Å². The van der Waals surface area contributed by atoms with E-state index in [0.717, 1.165) is 23.1 Å². The molecule has 4 aromatic rings. The van der Waals surface area contributed by atoms with Crippen molar-refractivity contribution in [2.75, 3.05) is 6.54 Å². The third kappa shape index (κ3) is 5.71. The number of carbonyl (C=O) groups is 1. The van der Waals surface area contributed by atoms with Crippen LogP contribution in [-0.4, -0.2) is 22.4 Å². The van der Waals surface area contributed by atoms with Crippen LogP contribution in [0.15, 0.2) is 85.1 Å². The summed E-state index contributed by atoms with van der Waals surface area (Å²) in [6.45, 7) is 2.57. The minimum atomic E-state index is -0.130. The van der Waals surface area contributed by atoms with Gasteiger partial charge in [0.1, 0.15) is 5.75 Å². The Morgan fingerprint density at radius 1 is 1.00 bits per heavy atom. The fourth-order valence-electron chi connectivity index (χ4n) is 3.19. The number of aryl methyl sites for hydroxylation is 1. The molecule has 0 radical (unpaired) electrons. The van der Waals surface area contributed by atoms with Gasteiger partial charge in [-0.3, -0.25) is 4.79 Å². The predicted molar refractivity (Wildman–Crippen MR) is 126 cm³/mol. The molecule has 0 aliphatic rings. The van der Waals surface area contributed by atoms with Gasteiger partial charge in [-0.25, -0.2) is 4.98 Å². The second kappa shape index (κ2) is 10.1. The number of halogens is 1. The molecule has 0 bridgehead atoms. The molecular weight excluding hydrogens is 422 g/mol. The maximum Gasteiger partial charge on any atom is 0.251 e. The third-order valence-corrected chi connectivity index (χ3v) is 5.11. The summed E-state index contributed by atoms with van der Waals surface area (Å²) in [5.41, 5.74) is 3.76. The molecule has 0 atom stereocenters. The van der Waals surface area contributed by atoms with Crippen molar-refractivity contribution in [3.63, 3.8) is 0 Å². The summed E-state index contributed by atoms with van der Waals surface area (Å²) < 4.78 is 5.86. The van der Waals surface area contributed by atoms with E-state index in [1.165, 1.54) is 0 Å². The van der Waals surface area contributed by atoms with Gasteiger partial charge in [-0.2, -0.15) is 4.98 Å². The van der Waals surface area contributed by atoms with Crippen molar-refractivity contribution >= 4 is 17.5 Å². The maximum atomic E-state index is 12.4. The van der Waals surface area contributed by atoms with E-state index >= 15 is 0 Å². The first-order valence-electron chi connectivity index (χ1n) is 10.3. The lowest BCUT2D eigenvalue weighted by Crippen LogP contribution is -2.25. The molecule has 1 aromatic heterocycles. The Bertz CT molecular complexity index is 1210. The summed E-state index contributed by atoms with van der Waals surface area (Å²) in [6, 6.07) is 24.3. The smallest absolute Gasteiger partial charge is 0.251 e. The molecule has 3 aromatic carbocycles. The molecule has 0 saturated heterocycles. The Morgan fingerprint density at radius 3 is 2.53 bits per heavy atom. The number of ether oxygens (including phenoxy) is 1. The molecular formula is C26H22ClN3O2. The minimum Gasteiger partial charge on any atom is -0.439 e. The van der Waals surface area contributed by atoms with Crippen molar-refractivity contribution in [2.45, 2.75) is 13.3 Å². The second-order valence-electron chi connectivity index (χ2n) is 7.35. The average Bonchev–Trinajstić information content (AvgIpc) is 2.81. The lowest BCUT2D eigenvalue weighted by atomic mass is 10.1. The molecule has 0 saturated carbocycles. The van der Waals surface area contributed by atoms with Crippen molar-refractivity contribution in [3.05, 3.63) is 107 Å². The molecule has 6 heteroatoms. The van der Waals surface area contributed by atoms with Crippen LogP contribution >= 0.6 is 11.6 Å². The number of nitrogens with zero attached hydrogens (tertiary/aromatic N) is 2. The summed E-state index contributed by atoms with van der Waals surface area (Å²) in [4.78, 5) is 21.2. The van der Waals surface area contributed by atoms with Gasteiger partial charge in [0.2, 0.25) is 5.88 Å². The van der Waals surface area contributed by atoms with Crippen molar-refractivity contribution in [1.82, 2.24) is 15.3 Å². The summed E-state index contributed by atoms with van der Waals surface area (Å²) in [7, 11) is 0. The monoisotopic (exact) mass is 443 g/mol. The maximum absolute atomic E-state index is 12.4. The molecule has 0 unspecified atom stereocenters. The van der Waals surface area contributed by atoms with Gasteiger partial charge in [0.25, 0.3) is 5.91 Å². The Balaban J connectivity index is 1.35. The molecule has 1 N–H and O–H groups in total. The highest BCUT2D eigenvalue weighted by molar-refractivity contribution is 6.30. The van der Waals surface area contributed by atoms with Gasteiger partial charge >= 0.3 is 0 Å². The molecule has 0 spiro atoms. The zero-order valence-electron chi connectivity index (χ0n) is 17.6. The van der Waals surface area contributed by atoms with E-state index in [1.807, 2.05) is 55.5 Å². The first-order valence-corrected chi connectivity index (χ1v) is 10.7. The van der Waals surface area contributed by atoms with Gasteiger partial charge in [0.05, 0.1) is 0 Å². The first-order chi connectivity index (χ1) is 15.6. The Hall–Kier alpha value is -3.70. The van der Waals surface area contributed by atoms with Gasteiger partial charge in [-0.15, -0.1) is 0 Å². The molecule has 32 heavy (non-hydrogen) atoms. The van der Waals surface area contributed by atoms with Crippen molar-refractivity contribution in [1.29, 1.82) is 0 Å². The van der Waals surface area contributed by atoms with E-state index in [0.29, 0.717) is 34.6 Å². The highest BCUT2D eigenvalue weighted by Gasteiger charge is 2.08. The van der Waals surface area contributed by atoms with Crippen molar-refractivity contribution in [3.8, 4) is 23.0 Å². The van der Waals surface area contributed by atoms with Gasteiger partial charge in [0, 0.05) is 35.0 Å². The van der Waals surface area contributed by atoms with Crippen LogP contribution < -0.4 is 10.1 Å². The van der Waals surface area contributed by atoms with Crippen LogP contribution in [0, 0.1) is 6.92 Å². The van der Waals surface area contributed by atoms with Crippen LogP contribution in [0.4, 0.5) is 0 Å². The van der Waals surface area contributed by atoms with E-state index in [1.54, 1.807) is 36.5 Å². The Labute approximate surface area is 192 Å². The summed E-state index contributed by atoms with van der Waals surface area (Å²) in [6.07, 6.45) is 2.41. The molecule has 1 amide bonds. The fourth-order valence-corrected chi connectivity index (χ4v) is 3.32. The van der Waals surface area contributed by atoms with Gasteiger partial charge < -0.3 is 10.1 Å². The van der Waals surface area contributed by atoms with Crippen LogP contribution in [0.2, 0.25) is 5.02 Å². The molecule has 160 valence electrons. The van der Waals surface area contributed by atoms with Crippen molar-refractivity contribution < 1.29 is 9.53 Å². The zero-order chi connectivity index (χ0) is 22.3. The number of hydrogen-bond donors (Lipinski definition) is 1. The van der Waals surface area contributed by atoms with Crippen LogP contribution in [0.3, 0.4) is 0 Å². The largest absolute Gasteiger partial charge is 0.439 e.